The van der Waals surface area contributed by atoms with Crippen LogP contribution < -0.4 is 20.1 Å². The van der Waals surface area contributed by atoms with Crippen LogP contribution in [0.25, 0.3) is 0 Å². The van der Waals surface area contributed by atoms with Gasteiger partial charge in [0.05, 0.1) is 0 Å². The van der Waals surface area contributed by atoms with Gasteiger partial charge in [-0.1, -0.05) is 36.4 Å². The third kappa shape index (κ3) is 4.47. The maximum Gasteiger partial charge on any atom is 0.231 e. The number of hydrogen-bond acceptors (Lipinski definition) is 6. The van der Waals surface area contributed by atoms with E-state index in [-0.39, 0.29) is 6.79 Å². The van der Waals surface area contributed by atoms with Gasteiger partial charge in [0, 0.05) is 19.2 Å². The predicted molar refractivity (Wildman–Crippen MR) is 105 cm³/mol. The Morgan fingerprint density at radius 3 is 2.48 bits per heavy atom. The van der Waals surface area contributed by atoms with Crippen LogP contribution >= 0.6 is 0 Å². The fourth-order valence-corrected chi connectivity index (χ4v) is 2.97. The lowest BCUT2D eigenvalue weighted by molar-refractivity contribution is 0.174. The van der Waals surface area contributed by atoms with E-state index in [9.17, 15) is 0 Å². The molecule has 6 heteroatoms. The van der Waals surface area contributed by atoms with E-state index in [1.165, 1.54) is 5.56 Å². The zero-order valence-electron chi connectivity index (χ0n) is 15.2. The highest BCUT2D eigenvalue weighted by atomic mass is 16.7. The smallest absolute Gasteiger partial charge is 0.231 e. The minimum atomic E-state index is 0.287. The van der Waals surface area contributed by atoms with E-state index in [2.05, 4.69) is 44.9 Å². The van der Waals surface area contributed by atoms with Gasteiger partial charge in [-0.25, -0.2) is 9.97 Å². The Morgan fingerprint density at radius 1 is 0.852 bits per heavy atom. The molecular formula is C21H22N4O2. The maximum absolute atomic E-state index is 5.42. The Hall–Kier alpha value is -3.28. The van der Waals surface area contributed by atoms with Crippen molar-refractivity contribution < 1.29 is 9.47 Å². The number of aromatic nitrogens is 2. The third-order valence-corrected chi connectivity index (χ3v) is 4.31. The van der Waals surface area contributed by atoms with Crippen LogP contribution in [-0.4, -0.2) is 23.3 Å². The number of ether oxygens (including phenoxy) is 2. The number of nitrogens with one attached hydrogen (secondary N) is 2. The minimum Gasteiger partial charge on any atom is -0.454 e. The summed E-state index contributed by atoms with van der Waals surface area (Å²) in [4.78, 5) is 8.94. The lowest BCUT2D eigenvalue weighted by Crippen LogP contribution is -2.09. The normalized spacial score (nSPS) is 12.0. The summed E-state index contributed by atoms with van der Waals surface area (Å²) < 4.78 is 10.8. The highest BCUT2D eigenvalue weighted by Gasteiger charge is 2.13. The Morgan fingerprint density at radius 2 is 1.63 bits per heavy atom. The molecule has 0 saturated carbocycles. The Bertz CT molecular complexity index is 915. The van der Waals surface area contributed by atoms with E-state index in [0.29, 0.717) is 6.54 Å². The molecule has 3 aromatic rings. The molecule has 1 aliphatic rings. The van der Waals surface area contributed by atoms with Crippen molar-refractivity contribution in [2.45, 2.75) is 19.9 Å². The molecule has 0 unspecified atom stereocenters. The van der Waals surface area contributed by atoms with E-state index in [0.717, 1.165) is 47.5 Å². The fourth-order valence-electron chi connectivity index (χ4n) is 2.97. The topological polar surface area (TPSA) is 68.3 Å². The maximum atomic E-state index is 5.42. The number of aryl methyl sites for hydroxylation is 1. The summed E-state index contributed by atoms with van der Waals surface area (Å²) in [5.41, 5.74) is 2.41. The molecule has 0 amide bonds. The third-order valence-electron chi connectivity index (χ3n) is 4.31. The standard InChI is InChI=1S/C21H22N4O2/c1-15-24-20(22-10-9-16-5-3-2-4-6-16)12-21(25-15)23-13-17-7-8-18-19(11-17)27-14-26-18/h2-8,11-12H,9-10,13-14H2,1H3,(H2,22,23,24,25). The van der Waals surface area contributed by atoms with Crippen molar-refractivity contribution in [1.82, 2.24) is 9.97 Å². The zero-order chi connectivity index (χ0) is 18.5. The zero-order valence-corrected chi connectivity index (χ0v) is 15.2. The molecule has 2 heterocycles. The average molecular weight is 362 g/mol. The second-order valence-corrected chi connectivity index (χ2v) is 6.39. The van der Waals surface area contributed by atoms with Crippen LogP contribution in [0.4, 0.5) is 11.6 Å². The largest absolute Gasteiger partial charge is 0.454 e. The number of hydrogen-bond donors (Lipinski definition) is 2. The SMILES string of the molecule is Cc1nc(NCCc2ccccc2)cc(NCc2ccc3c(c2)OCO3)n1. The molecule has 1 aromatic heterocycles. The van der Waals surface area contributed by atoms with Crippen molar-refractivity contribution in [2.75, 3.05) is 24.0 Å². The van der Waals surface area contributed by atoms with Crippen LogP contribution in [0.5, 0.6) is 11.5 Å². The molecular weight excluding hydrogens is 340 g/mol. The monoisotopic (exact) mass is 362 g/mol. The first-order valence-corrected chi connectivity index (χ1v) is 9.02. The van der Waals surface area contributed by atoms with Crippen molar-refractivity contribution in [2.24, 2.45) is 0 Å². The van der Waals surface area contributed by atoms with Gasteiger partial charge in [-0.15, -0.1) is 0 Å². The Kier molecular flexibility index (Phi) is 5.05. The van der Waals surface area contributed by atoms with Crippen LogP contribution in [0.2, 0.25) is 0 Å². The molecule has 0 saturated heterocycles. The summed E-state index contributed by atoms with van der Waals surface area (Å²) in [5.74, 6) is 3.93. The van der Waals surface area contributed by atoms with E-state index < -0.39 is 0 Å². The summed E-state index contributed by atoms with van der Waals surface area (Å²) >= 11 is 0. The van der Waals surface area contributed by atoms with Crippen molar-refractivity contribution in [3.05, 3.63) is 71.5 Å². The number of nitrogens with zero attached hydrogens (tertiary/aromatic N) is 2. The van der Waals surface area contributed by atoms with Crippen LogP contribution in [0.1, 0.15) is 17.0 Å². The fraction of sp³-hybridized carbons (Fsp3) is 0.238. The Balaban J connectivity index is 1.35. The minimum absolute atomic E-state index is 0.287. The summed E-state index contributed by atoms with van der Waals surface area (Å²) in [5, 5.41) is 6.73. The molecule has 0 spiro atoms. The van der Waals surface area contributed by atoms with Crippen LogP contribution in [-0.2, 0) is 13.0 Å². The molecule has 0 aliphatic carbocycles. The van der Waals surface area contributed by atoms with E-state index in [1.54, 1.807) is 0 Å². The first kappa shape index (κ1) is 17.1. The number of benzene rings is 2. The van der Waals surface area contributed by atoms with Gasteiger partial charge in [-0.3, -0.25) is 0 Å². The van der Waals surface area contributed by atoms with Crippen LogP contribution in [0, 0.1) is 6.92 Å². The van der Waals surface area contributed by atoms with Gasteiger partial charge < -0.3 is 20.1 Å². The molecule has 6 nitrogen and oxygen atoms in total. The number of fused-ring (bicyclic) bond motifs is 1. The molecule has 2 N–H and O–H groups in total. The van der Waals surface area contributed by atoms with Gasteiger partial charge in [-0.05, 0) is 36.6 Å². The number of rotatable bonds is 7. The summed E-state index contributed by atoms with van der Waals surface area (Å²) in [6.07, 6.45) is 0.948. The molecule has 0 atom stereocenters. The van der Waals surface area contributed by atoms with Crippen molar-refractivity contribution >= 4 is 11.6 Å². The van der Waals surface area contributed by atoms with Crippen molar-refractivity contribution in [1.29, 1.82) is 0 Å². The van der Waals surface area contributed by atoms with Gasteiger partial charge >= 0.3 is 0 Å². The molecule has 1 aliphatic heterocycles. The molecule has 0 radical (unpaired) electrons. The molecule has 138 valence electrons. The van der Waals surface area contributed by atoms with E-state index >= 15 is 0 Å². The molecule has 0 bridgehead atoms. The number of anilines is 2. The highest BCUT2D eigenvalue weighted by molar-refractivity contribution is 5.49. The first-order chi connectivity index (χ1) is 13.3. The van der Waals surface area contributed by atoms with Crippen LogP contribution in [0.15, 0.2) is 54.6 Å². The summed E-state index contributed by atoms with van der Waals surface area (Å²) in [6.45, 7) is 3.65. The lowest BCUT2D eigenvalue weighted by Gasteiger charge is -2.11. The second-order valence-electron chi connectivity index (χ2n) is 6.39. The van der Waals surface area contributed by atoms with Crippen LogP contribution in [0.3, 0.4) is 0 Å². The lowest BCUT2D eigenvalue weighted by atomic mass is 10.1. The van der Waals surface area contributed by atoms with Gasteiger partial charge in [0.1, 0.15) is 17.5 Å². The quantitative estimate of drug-likeness (QED) is 0.667. The van der Waals surface area contributed by atoms with Gasteiger partial charge in [0.2, 0.25) is 6.79 Å². The highest BCUT2D eigenvalue weighted by Crippen LogP contribution is 2.32. The van der Waals surface area contributed by atoms with E-state index in [1.807, 2.05) is 37.3 Å². The van der Waals surface area contributed by atoms with Gasteiger partial charge in [-0.2, -0.15) is 0 Å². The molecule has 27 heavy (non-hydrogen) atoms. The van der Waals surface area contributed by atoms with Crippen molar-refractivity contribution in [3.8, 4) is 11.5 Å². The first-order valence-electron chi connectivity index (χ1n) is 9.02. The second kappa shape index (κ2) is 7.95. The molecule has 0 fully saturated rings. The van der Waals surface area contributed by atoms with Gasteiger partial charge in [0.15, 0.2) is 11.5 Å². The van der Waals surface area contributed by atoms with E-state index in [4.69, 9.17) is 9.47 Å². The molecule has 2 aromatic carbocycles. The van der Waals surface area contributed by atoms with Gasteiger partial charge in [0.25, 0.3) is 0 Å². The van der Waals surface area contributed by atoms with Crippen molar-refractivity contribution in [3.63, 3.8) is 0 Å². The molecule has 4 rings (SSSR count). The predicted octanol–water partition coefficient (Wildman–Crippen LogP) is 3.78. The average Bonchev–Trinajstić information content (AvgIpc) is 3.15. The summed E-state index contributed by atoms with van der Waals surface area (Å²) in [6, 6.07) is 18.3. The summed E-state index contributed by atoms with van der Waals surface area (Å²) in [7, 11) is 0. The Labute approximate surface area is 158 Å².